The van der Waals surface area contributed by atoms with Crippen LogP contribution in [0.2, 0.25) is 10.0 Å². The Bertz CT molecular complexity index is 593. The van der Waals surface area contributed by atoms with Crippen LogP contribution in [0.15, 0.2) is 18.2 Å². The maximum atomic E-state index is 12.5. The third-order valence-corrected chi connectivity index (χ3v) is 4.53. The summed E-state index contributed by atoms with van der Waals surface area (Å²) >= 11 is 12.0. The van der Waals surface area contributed by atoms with Crippen molar-refractivity contribution in [3.05, 3.63) is 28.2 Å². The fraction of sp³-hybridized carbons (Fsp3) is 0.529. The van der Waals surface area contributed by atoms with Crippen molar-refractivity contribution in [2.75, 3.05) is 25.0 Å². The molecule has 1 saturated heterocycles. The monoisotopic (exact) mass is 407 g/mol. The summed E-state index contributed by atoms with van der Waals surface area (Å²) in [7, 11) is 0. The van der Waals surface area contributed by atoms with Gasteiger partial charge in [0.1, 0.15) is 0 Å². The fourth-order valence-corrected chi connectivity index (χ4v) is 3.13. The maximum Gasteiger partial charge on any atom is 0.244 e. The molecule has 8 heteroatoms. The van der Waals surface area contributed by atoms with Crippen molar-refractivity contribution < 1.29 is 9.59 Å². The third kappa shape index (κ3) is 7.02. The molecule has 1 aromatic rings. The van der Waals surface area contributed by atoms with Crippen LogP contribution in [0.25, 0.3) is 0 Å². The summed E-state index contributed by atoms with van der Waals surface area (Å²) in [6, 6.07) is 5.10. The third-order valence-electron chi connectivity index (χ3n) is 3.97. The second-order valence-electron chi connectivity index (χ2n) is 5.99. The molecular formula is C17H24Cl3N3O2. The minimum Gasteiger partial charge on any atom is -0.333 e. The Hall–Kier alpha value is -1.01. The van der Waals surface area contributed by atoms with Gasteiger partial charge in [-0.15, -0.1) is 12.4 Å². The molecule has 2 rings (SSSR count). The number of carbonyl (C=O) groups excluding carboxylic acids is 2. The van der Waals surface area contributed by atoms with Gasteiger partial charge in [0, 0.05) is 24.0 Å². The smallest absolute Gasteiger partial charge is 0.244 e. The zero-order valence-electron chi connectivity index (χ0n) is 14.2. The number of rotatable bonds is 7. The summed E-state index contributed by atoms with van der Waals surface area (Å²) in [6.07, 6.45) is 3.34. The highest BCUT2D eigenvalue weighted by atomic mass is 35.5. The van der Waals surface area contributed by atoms with Gasteiger partial charge in [-0.25, -0.2) is 0 Å². The maximum absolute atomic E-state index is 12.5. The van der Waals surface area contributed by atoms with E-state index >= 15 is 0 Å². The average molecular weight is 409 g/mol. The molecule has 1 aliphatic rings. The number of benzene rings is 1. The summed E-state index contributed by atoms with van der Waals surface area (Å²) < 4.78 is 0. The van der Waals surface area contributed by atoms with E-state index in [9.17, 15) is 9.59 Å². The highest BCUT2D eigenvalue weighted by Gasteiger charge is 2.23. The molecule has 1 fully saturated rings. The van der Waals surface area contributed by atoms with Crippen LogP contribution in [0, 0.1) is 0 Å². The van der Waals surface area contributed by atoms with Gasteiger partial charge in [-0.2, -0.15) is 0 Å². The predicted octanol–water partition coefficient (Wildman–Crippen LogP) is 3.73. The molecule has 0 aromatic heterocycles. The quantitative estimate of drug-likeness (QED) is 0.722. The van der Waals surface area contributed by atoms with E-state index in [0.717, 1.165) is 25.8 Å². The van der Waals surface area contributed by atoms with Gasteiger partial charge in [0.05, 0.1) is 17.3 Å². The minimum absolute atomic E-state index is 0. The van der Waals surface area contributed by atoms with Crippen LogP contribution in [0.5, 0.6) is 0 Å². The number of carbonyl (C=O) groups is 2. The van der Waals surface area contributed by atoms with E-state index in [1.165, 1.54) is 0 Å². The Kier molecular flexibility index (Phi) is 9.57. The number of amides is 2. The number of hydrogen-bond donors (Lipinski definition) is 2. The SMILES string of the molecule is CCCN(CC(=O)Nc1cc(Cl)ccc1Cl)C(=O)CC1CCCN1.Cl. The van der Waals surface area contributed by atoms with E-state index in [4.69, 9.17) is 23.2 Å². The van der Waals surface area contributed by atoms with Gasteiger partial charge in [0.15, 0.2) is 0 Å². The second-order valence-corrected chi connectivity index (χ2v) is 6.83. The molecule has 0 radical (unpaired) electrons. The van der Waals surface area contributed by atoms with Crippen molar-refractivity contribution in [2.24, 2.45) is 0 Å². The lowest BCUT2D eigenvalue weighted by Crippen LogP contribution is -2.41. The lowest BCUT2D eigenvalue weighted by Gasteiger charge is -2.23. The lowest BCUT2D eigenvalue weighted by molar-refractivity contribution is -0.135. The van der Waals surface area contributed by atoms with Crippen LogP contribution in [0.4, 0.5) is 5.69 Å². The van der Waals surface area contributed by atoms with Crippen LogP contribution in [0.1, 0.15) is 32.6 Å². The Balaban J connectivity index is 0.00000312. The molecule has 2 amide bonds. The molecule has 1 atom stereocenters. The summed E-state index contributed by atoms with van der Waals surface area (Å²) in [5.41, 5.74) is 0.454. The average Bonchev–Trinajstić information content (AvgIpc) is 3.03. The zero-order chi connectivity index (χ0) is 17.5. The molecule has 25 heavy (non-hydrogen) atoms. The fourth-order valence-electron chi connectivity index (χ4n) is 2.79. The first-order valence-corrected chi connectivity index (χ1v) is 9.01. The standard InChI is InChI=1S/C17H23Cl2N3O2.ClH/c1-2-8-22(17(24)10-13-4-3-7-20-13)11-16(23)21-15-9-12(18)5-6-14(15)19;/h5-6,9,13,20H,2-4,7-8,10-11H2,1H3,(H,21,23);1H. The highest BCUT2D eigenvalue weighted by Crippen LogP contribution is 2.25. The molecule has 0 spiro atoms. The molecular weight excluding hydrogens is 385 g/mol. The van der Waals surface area contributed by atoms with Crippen LogP contribution < -0.4 is 10.6 Å². The van der Waals surface area contributed by atoms with E-state index in [0.29, 0.717) is 28.7 Å². The van der Waals surface area contributed by atoms with Crippen molar-refractivity contribution in [3.8, 4) is 0 Å². The van der Waals surface area contributed by atoms with Gasteiger partial charge in [-0.1, -0.05) is 30.1 Å². The summed E-state index contributed by atoms with van der Waals surface area (Å²) in [5.74, 6) is -0.274. The number of nitrogens with zero attached hydrogens (tertiary/aromatic N) is 1. The Labute approximate surface area is 164 Å². The van der Waals surface area contributed by atoms with E-state index in [1.54, 1.807) is 23.1 Å². The van der Waals surface area contributed by atoms with Crippen molar-refractivity contribution >= 4 is 53.1 Å². The van der Waals surface area contributed by atoms with Crippen LogP contribution in [-0.4, -0.2) is 42.4 Å². The molecule has 0 saturated carbocycles. The van der Waals surface area contributed by atoms with Crippen molar-refractivity contribution in [1.29, 1.82) is 0 Å². The van der Waals surface area contributed by atoms with Gasteiger partial charge < -0.3 is 15.5 Å². The topological polar surface area (TPSA) is 61.4 Å². The Morgan fingerprint density at radius 1 is 1.36 bits per heavy atom. The van der Waals surface area contributed by atoms with Crippen molar-refractivity contribution in [2.45, 2.75) is 38.6 Å². The van der Waals surface area contributed by atoms with Gasteiger partial charge in [0.25, 0.3) is 0 Å². The van der Waals surface area contributed by atoms with E-state index in [2.05, 4.69) is 10.6 Å². The van der Waals surface area contributed by atoms with Crippen LogP contribution in [-0.2, 0) is 9.59 Å². The van der Waals surface area contributed by atoms with Gasteiger partial charge >= 0.3 is 0 Å². The van der Waals surface area contributed by atoms with Gasteiger partial charge in [-0.05, 0) is 44.0 Å². The number of anilines is 1. The molecule has 5 nitrogen and oxygen atoms in total. The van der Waals surface area contributed by atoms with Gasteiger partial charge in [-0.3, -0.25) is 9.59 Å². The summed E-state index contributed by atoms with van der Waals surface area (Å²) in [6.45, 7) is 3.52. The second kappa shape index (κ2) is 10.9. The van der Waals surface area contributed by atoms with Crippen molar-refractivity contribution in [3.63, 3.8) is 0 Å². The molecule has 1 unspecified atom stereocenters. The minimum atomic E-state index is -0.277. The molecule has 140 valence electrons. The number of hydrogen-bond acceptors (Lipinski definition) is 3. The van der Waals surface area contributed by atoms with E-state index in [-0.39, 0.29) is 36.8 Å². The van der Waals surface area contributed by atoms with Crippen LogP contribution >= 0.6 is 35.6 Å². The van der Waals surface area contributed by atoms with E-state index < -0.39 is 0 Å². The first-order chi connectivity index (χ1) is 11.5. The molecule has 1 aliphatic heterocycles. The largest absolute Gasteiger partial charge is 0.333 e. The lowest BCUT2D eigenvalue weighted by atomic mass is 10.1. The molecule has 0 aliphatic carbocycles. The van der Waals surface area contributed by atoms with Crippen LogP contribution in [0.3, 0.4) is 0 Å². The summed E-state index contributed by atoms with van der Waals surface area (Å²) in [5, 5.41) is 6.94. The molecule has 1 aromatic carbocycles. The molecule has 1 heterocycles. The Morgan fingerprint density at radius 3 is 2.76 bits per heavy atom. The number of nitrogens with one attached hydrogen (secondary N) is 2. The molecule has 2 N–H and O–H groups in total. The van der Waals surface area contributed by atoms with Crippen molar-refractivity contribution in [1.82, 2.24) is 10.2 Å². The predicted molar refractivity (Wildman–Crippen MR) is 105 cm³/mol. The summed E-state index contributed by atoms with van der Waals surface area (Å²) in [4.78, 5) is 26.3. The first-order valence-electron chi connectivity index (χ1n) is 8.25. The first kappa shape index (κ1) is 22.0. The van der Waals surface area contributed by atoms with Gasteiger partial charge in [0.2, 0.25) is 11.8 Å². The Morgan fingerprint density at radius 2 is 2.12 bits per heavy atom. The normalized spacial score (nSPS) is 16.2. The number of halogens is 3. The molecule has 0 bridgehead atoms. The van der Waals surface area contributed by atoms with E-state index in [1.807, 2.05) is 6.92 Å². The zero-order valence-corrected chi connectivity index (χ0v) is 16.5. The highest BCUT2D eigenvalue weighted by molar-refractivity contribution is 6.35.